The van der Waals surface area contributed by atoms with Crippen LogP contribution in [0.1, 0.15) is 27.5 Å². The van der Waals surface area contributed by atoms with Gasteiger partial charge < -0.3 is 9.73 Å². The highest BCUT2D eigenvalue weighted by atomic mass is 16.3. The molecule has 1 amide bonds. The minimum absolute atomic E-state index is 0.196. The van der Waals surface area contributed by atoms with Gasteiger partial charge in [-0.15, -0.1) is 0 Å². The monoisotopic (exact) mass is 346 g/mol. The number of carbonyl (C=O) groups is 1. The van der Waals surface area contributed by atoms with Crippen molar-refractivity contribution < 1.29 is 9.21 Å². The summed E-state index contributed by atoms with van der Waals surface area (Å²) >= 11 is 0. The molecule has 1 aromatic carbocycles. The Morgan fingerprint density at radius 3 is 2.69 bits per heavy atom. The zero-order valence-corrected chi connectivity index (χ0v) is 14.6. The molecule has 0 aliphatic heterocycles. The lowest BCUT2D eigenvalue weighted by Crippen LogP contribution is -2.22. The highest BCUT2D eigenvalue weighted by Crippen LogP contribution is 2.18. The van der Waals surface area contributed by atoms with E-state index in [1.807, 2.05) is 50.2 Å². The summed E-state index contributed by atoms with van der Waals surface area (Å²) in [4.78, 5) is 16.7. The van der Waals surface area contributed by atoms with Gasteiger partial charge in [0.1, 0.15) is 11.3 Å². The molecule has 0 radical (unpaired) electrons. The second-order valence-electron chi connectivity index (χ2n) is 6.18. The number of aryl methyl sites for hydroxylation is 2. The largest absolute Gasteiger partial charge is 0.459 e. The molecule has 6 heteroatoms. The fourth-order valence-electron chi connectivity index (χ4n) is 2.90. The molecule has 0 saturated carbocycles. The van der Waals surface area contributed by atoms with Crippen molar-refractivity contribution in [2.24, 2.45) is 0 Å². The smallest absolute Gasteiger partial charge is 0.253 e. The molecule has 1 N–H and O–H groups in total. The molecule has 0 unspecified atom stereocenters. The molecule has 0 atom stereocenters. The van der Waals surface area contributed by atoms with E-state index in [-0.39, 0.29) is 5.91 Å². The summed E-state index contributed by atoms with van der Waals surface area (Å²) in [6, 6.07) is 15.2. The third kappa shape index (κ3) is 3.09. The predicted molar refractivity (Wildman–Crippen MR) is 98.2 cm³/mol. The second-order valence-corrected chi connectivity index (χ2v) is 6.18. The molecule has 3 heterocycles. The molecule has 26 heavy (non-hydrogen) atoms. The molecule has 3 aromatic heterocycles. The van der Waals surface area contributed by atoms with Crippen LogP contribution < -0.4 is 5.32 Å². The number of para-hydroxylation sites is 1. The van der Waals surface area contributed by atoms with Crippen LogP contribution in [-0.2, 0) is 6.54 Å². The summed E-state index contributed by atoms with van der Waals surface area (Å²) in [5.41, 5.74) is 3.23. The Morgan fingerprint density at radius 2 is 2.00 bits per heavy atom. The van der Waals surface area contributed by atoms with Gasteiger partial charge in [0.05, 0.1) is 17.8 Å². The van der Waals surface area contributed by atoms with Gasteiger partial charge in [-0.3, -0.25) is 4.79 Å². The number of benzene rings is 1. The minimum Gasteiger partial charge on any atom is -0.459 e. The van der Waals surface area contributed by atoms with Crippen molar-refractivity contribution >= 4 is 16.9 Å². The maximum Gasteiger partial charge on any atom is 0.253 e. The van der Waals surface area contributed by atoms with Gasteiger partial charge in [-0.2, -0.15) is 5.10 Å². The lowest BCUT2D eigenvalue weighted by molar-refractivity contribution is 0.0948. The number of furan rings is 1. The molecule has 0 aliphatic rings. The molecule has 0 aliphatic carbocycles. The lowest BCUT2D eigenvalue weighted by atomic mass is 10.2. The standard InChI is InChI=1S/C20H18N4O2/c1-13-9-14(2)24(23-13)19-8-7-16(11-21-19)20(25)22-12-17-10-15-5-3-4-6-18(15)26-17/h3-11H,12H2,1-2H3,(H,22,25). The van der Waals surface area contributed by atoms with E-state index in [1.165, 1.54) is 0 Å². The molecule has 0 spiro atoms. The Kier molecular flexibility index (Phi) is 4.01. The number of nitrogens with zero attached hydrogens (tertiary/aromatic N) is 3. The molecule has 0 fully saturated rings. The van der Waals surface area contributed by atoms with Gasteiger partial charge in [0.2, 0.25) is 0 Å². The summed E-state index contributed by atoms with van der Waals surface area (Å²) in [7, 11) is 0. The highest BCUT2D eigenvalue weighted by molar-refractivity contribution is 5.93. The van der Waals surface area contributed by atoms with Gasteiger partial charge in [0.15, 0.2) is 5.82 Å². The van der Waals surface area contributed by atoms with Gasteiger partial charge >= 0.3 is 0 Å². The van der Waals surface area contributed by atoms with Gasteiger partial charge in [-0.25, -0.2) is 9.67 Å². The van der Waals surface area contributed by atoms with Crippen LogP contribution in [0.15, 0.2) is 59.1 Å². The summed E-state index contributed by atoms with van der Waals surface area (Å²) in [5, 5.41) is 8.27. The van der Waals surface area contributed by atoms with Crippen LogP contribution in [0.25, 0.3) is 16.8 Å². The average Bonchev–Trinajstić information content (AvgIpc) is 3.22. The third-order valence-electron chi connectivity index (χ3n) is 4.14. The van der Waals surface area contributed by atoms with Crippen molar-refractivity contribution in [1.29, 1.82) is 0 Å². The molecule has 4 rings (SSSR count). The Labute approximate surface area is 150 Å². The third-order valence-corrected chi connectivity index (χ3v) is 4.14. The number of nitrogens with one attached hydrogen (secondary N) is 1. The molecular weight excluding hydrogens is 328 g/mol. The van der Waals surface area contributed by atoms with E-state index in [1.54, 1.807) is 23.0 Å². The van der Waals surface area contributed by atoms with Crippen molar-refractivity contribution in [3.63, 3.8) is 0 Å². The van der Waals surface area contributed by atoms with E-state index >= 15 is 0 Å². The maximum absolute atomic E-state index is 12.3. The van der Waals surface area contributed by atoms with Crippen molar-refractivity contribution in [2.45, 2.75) is 20.4 Å². The Hall–Kier alpha value is -3.41. The lowest BCUT2D eigenvalue weighted by Gasteiger charge is -2.06. The van der Waals surface area contributed by atoms with Crippen molar-refractivity contribution in [3.05, 3.63) is 77.4 Å². The van der Waals surface area contributed by atoms with Crippen LogP contribution >= 0.6 is 0 Å². The molecule has 6 nitrogen and oxygen atoms in total. The number of rotatable bonds is 4. The van der Waals surface area contributed by atoms with Gasteiger partial charge in [-0.1, -0.05) is 18.2 Å². The first-order valence-corrected chi connectivity index (χ1v) is 8.35. The first kappa shape index (κ1) is 16.1. The van der Waals surface area contributed by atoms with Crippen LogP contribution in [0.3, 0.4) is 0 Å². The van der Waals surface area contributed by atoms with E-state index in [0.717, 1.165) is 22.4 Å². The Bertz CT molecular complexity index is 1040. The molecule has 130 valence electrons. The number of pyridine rings is 1. The van der Waals surface area contributed by atoms with Crippen LogP contribution in [0, 0.1) is 13.8 Å². The molecular formula is C20H18N4O2. The van der Waals surface area contributed by atoms with E-state index < -0.39 is 0 Å². The number of hydrogen-bond donors (Lipinski definition) is 1. The Balaban J connectivity index is 1.45. The quantitative estimate of drug-likeness (QED) is 0.613. The fraction of sp³-hybridized carbons (Fsp3) is 0.150. The number of amides is 1. The van der Waals surface area contributed by atoms with E-state index in [2.05, 4.69) is 15.4 Å². The van der Waals surface area contributed by atoms with Crippen molar-refractivity contribution in [1.82, 2.24) is 20.1 Å². The van der Waals surface area contributed by atoms with E-state index in [9.17, 15) is 4.79 Å². The maximum atomic E-state index is 12.3. The van der Waals surface area contributed by atoms with Gasteiger partial charge in [0.25, 0.3) is 5.91 Å². The first-order chi connectivity index (χ1) is 12.6. The number of aromatic nitrogens is 3. The molecule has 4 aromatic rings. The van der Waals surface area contributed by atoms with Crippen LogP contribution in [0.4, 0.5) is 0 Å². The summed E-state index contributed by atoms with van der Waals surface area (Å²) in [6.07, 6.45) is 1.56. The normalized spacial score (nSPS) is 11.0. The van der Waals surface area contributed by atoms with Crippen molar-refractivity contribution in [2.75, 3.05) is 0 Å². The zero-order valence-electron chi connectivity index (χ0n) is 14.6. The fourth-order valence-corrected chi connectivity index (χ4v) is 2.90. The van der Waals surface area contributed by atoms with Gasteiger partial charge in [-0.05, 0) is 44.2 Å². The number of hydrogen-bond acceptors (Lipinski definition) is 4. The van der Waals surface area contributed by atoms with Crippen LogP contribution in [0.2, 0.25) is 0 Å². The van der Waals surface area contributed by atoms with E-state index in [0.29, 0.717) is 23.7 Å². The second kappa shape index (κ2) is 6.48. The van der Waals surface area contributed by atoms with Crippen LogP contribution in [0.5, 0.6) is 0 Å². The SMILES string of the molecule is Cc1cc(C)n(-c2ccc(C(=O)NCc3cc4ccccc4o3)cn2)n1. The summed E-state index contributed by atoms with van der Waals surface area (Å²) in [6.45, 7) is 4.23. The van der Waals surface area contributed by atoms with Crippen LogP contribution in [-0.4, -0.2) is 20.7 Å². The number of carbonyl (C=O) groups excluding carboxylic acids is 1. The zero-order chi connectivity index (χ0) is 18.1. The number of fused-ring (bicyclic) bond motifs is 1. The summed E-state index contributed by atoms with van der Waals surface area (Å²) < 4.78 is 7.46. The first-order valence-electron chi connectivity index (χ1n) is 8.35. The predicted octanol–water partition coefficient (Wildman–Crippen LogP) is 3.56. The summed E-state index contributed by atoms with van der Waals surface area (Å²) in [5.74, 6) is 1.20. The minimum atomic E-state index is -0.196. The topological polar surface area (TPSA) is 73.0 Å². The molecule has 0 saturated heterocycles. The molecule has 0 bridgehead atoms. The van der Waals surface area contributed by atoms with Crippen molar-refractivity contribution in [3.8, 4) is 5.82 Å². The van der Waals surface area contributed by atoms with Gasteiger partial charge in [0, 0.05) is 17.3 Å². The Morgan fingerprint density at radius 1 is 1.15 bits per heavy atom. The van der Waals surface area contributed by atoms with E-state index in [4.69, 9.17) is 4.42 Å². The highest BCUT2D eigenvalue weighted by Gasteiger charge is 2.10. The average molecular weight is 346 g/mol.